The average molecular weight is 512 g/mol. The van der Waals surface area contributed by atoms with Crippen LogP contribution in [-0.4, -0.2) is 14.8 Å². The fourth-order valence-corrected chi connectivity index (χ4v) is 4.17. The van der Waals surface area contributed by atoms with Gasteiger partial charge >= 0.3 is 6.18 Å². The molecule has 0 aliphatic rings. The smallest absolute Gasteiger partial charge is 0.417 e. The summed E-state index contributed by atoms with van der Waals surface area (Å²) >= 11 is 6.03. The Hall–Kier alpha value is -3.91. The van der Waals surface area contributed by atoms with Gasteiger partial charge in [0.2, 0.25) is 0 Å². The van der Waals surface area contributed by atoms with Crippen LogP contribution in [-0.2, 0) is 12.8 Å². The quantitative estimate of drug-likeness (QED) is 0.226. The van der Waals surface area contributed by atoms with Gasteiger partial charge in [0, 0.05) is 11.1 Å². The molecule has 36 heavy (non-hydrogen) atoms. The monoisotopic (exact) mass is 511 g/mol. The van der Waals surface area contributed by atoms with E-state index in [1.807, 2.05) is 6.07 Å². The van der Waals surface area contributed by atoms with E-state index in [0.29, 0.717) is 17.0 Å². The highest BCUT2D eigenvalue weighted by atomic mass is 35.5. The zero-order valence-corrected chi connectivity index (χ0v) is 19.6. The number of alkyl halides is 3. The SMILES string of the molecule is Cc1nn(-c2ccccc2)c2nc(-c3ccc(OCc4c(F)cccc4Cl)cc3)cc(C(F)(F)F)c12. The molecule has 0 atom stereocenters. The van der Waals surface area contributed by atoms with Gasteiger partial charge < -0.3 is 4.74 Å². The van der Waals surface area contributed by atoms with Gasteiger partial charge in [-0.25, -0.2) is 14.1 Å². The first-order valence-corrected chi connectivity index (χ1v) is 11.3. The van der Waals surface area contributed by atoms with E-state index in [1.54, 1.807) is 54.6 Å². The minimum Gasteiger partial charge on any atom is -0.489 e. The third-order valence-electron chi connectivity index (χ3n) is 5.71. The Kier molecular flexibility index (Phi) is 6.14. The molecule has 0 saturated heterocycles. The summed E-state index contributed by atoms with van der Waals surface area (Å²) in [5, 5.41) is 4.54. The zero-order valence-electron chi connectivity index (χ0n) is 18.9. The Bertz CT molecular complexity index is 1530. The topological polar surface area (TPSA) is 39.9 Å². The number of hydrogen-bond donors (Lipinski definition) is 0. The molecule has 0 radical (unpaired) electrons. The Morgan fingerprint density at radius 1 is 0.944 bits per heavy atom. The molecule has 182 valence electrons. The van der Waals surface area contributed by atoms with Crippen molar-refractivity contribution in [3.05, 3.63) is 107 Å². The number of nitrogens with zero attached hydrogens (tertiary/aromatic N) is 3. The van der Waals surface area contributed by atoms with Crippen molar-refractivity contribution in [3.8, 4) is 22.7 Å². The molecule has 0 bridgehead atoms. The summed E-state index contributed by atoms with van der Waals surface area (Å²) in [5.74, 6) is -0.0815. The number of para-hydroxylation sites is 1. The molecule has 2 heterocycles. The molecule has 0 aliphatic carbocycles. The van der Waals surface area contributed by atoms with Gasteiger partial charge in [0.25, 0.3) is 0 Å². The van der Waals surface area contributed by atoms with Crippen molar-refractivity contribution in [3.63, 3.8) is 0 Å². The molecule has 2 aromatic heterocycles. The summed E-state index contributed by atoms with van der Waals surface area (Å²) in [5.41, 5.74) is 0.942. The molecule has 5 rings (SSSR count). The normalized spacial score (nSPS) is 11.7. The number of hydrogen-bond acceptors (Lipinski definition) is 3. The highest BCUT2D eigenvalue weighted by molar-refractivity contribution is 6.31. The predicted octanol–water partition coefficient (Wildman–Crippen LogP) is 7.79. The van der Waals surface area contributed by atoms with E-state index in [4.69, 9.17) is 16.3 Å². The van der Waals surface area contributed by atoms with Crippen LogP contribution in [0.5, 0.6) is 5.75 Å². The van der Waals surface area contributed by atoms with Crippen LogP contribution in [0.25, 0.3) is 28.0 Å². The van der Waals surface area contributed by atoms with Gasteiger partial charge in [-0.15, -0.1) is 0 Å². The molecule has 3 aromatic carbocycles. The maximum absolute atomic E-state index is 14.1. The van der Waals surface area contributed by atoms with Crippen molar-refractivity contribution in [2.24, 2.45) is 0 Å². The number of halogens is 5. The molecule has 0 amide bonds. The molecular formula is C27H18ClF4N3O. The minimum absolute atomic E-state index is 0.0446. The van der Waals surface area contributed by atoms with Crippen LogP contribution in [0.4, 0.5) is 17.6 Å². The summed E-state index contributed by atoms with van der Waals surface area (Å²) in [7, 11) is 0. The minimum atomic E-state index is -4.60. The summed E-state index contributed by atoms with van der Waals surface area (Å²) in [6.07, 6.45) is -4.60. The standard InChI is InChI=1S/C27H18ClF4N3O/c1-16-25-21(27(30,31)32)14-24(33-26(25)35(34-16)18-6-3-2-4-7-18)17-10-12-19(13-11-17)36-15-20-22(28)8-5-9-23(20)29/h2-14H,15H2,1H3. The van der Waals surface area contributed by atoms with Crippen molar-refractivity contribution >= 4 is 22.6 Å². The number of rotatable bonds is 5. The Morgan fingerprint density at radius 2 is 1.67 bits per heavy atom. The van der Waals surface area contributed by atoms with Gasteiger partial charge in [-0.3, -0.25) is 0 Å². The third-order valence-corrected chi connectivity index (χ3v) is 6.07. The number of aromatic nitrogens is 3. The molecule has 0 aliphatic heterocycles. The van der Waals surface area contributed by atoms with E-state index in [-0.39, 0.29) is 39.6 Å². The molecule has 0 unspecified atom stereocenters. The van der Waals surface area contributed by atoms with Gasteiger partial charge in [0.15, 0.2) is 5.65 Å². The number of aryl methyl sites for hydroxylation is 1. The predicted molar refractivity (Wildman–Crippen MR) is 130 cm³/mol. The second kappa shape index (κ2) is 9.28. The van der Waals surface area contributed by atoms with Crippen molar-refractivity contribution in [2.75, 3.05) is 0 Å². The van der Waals surface area contributed by atoms with Crippen LogP contribution >= 0.6 is 11.6 Å². The zero-order chi connectivity index (χ0) is 25.4. The lowest BCUT2D eigenvalue weighted by molar-refractivity contribution is -0.136. The molecule has 0 spiro atoms. The first-order chi connectivity index (χ1) is 17.2. The van der Waals surface area contributed by atoms with Crippen molar-refractivity contribution < 1.29 is 22.3 Å². The van der Waals surface area contributed by atoms with Gasteiger partial charge in [-0.05, 0) is 61.5 Å². The van der Waals surface area contributed by atoms with Crippen molar-refractivity contribution in [1.82, 2.24) is 14.8 Å². The first kappa shape index (κ1) is 23.8. The number of fused-ring (bicyclic) bond motifs is 1. The van der Waals surface area contributed by atoms with E-state index >= 15 is 0 Å². The van der Waals surface area contributed by atoms with Crippen LogP contribution in [0.2, 0.25) is 5.02 Å². The molecule has 0 fully saturated rings. The van der Waals surface area contributed by atoms with E-state index in [9.17, 15) is 17.6 Å². The second-order valence-electron chi connectivity index (χ2n) is 8.10. The Labute approximate surface area is 208 Å². The number of benzene rings is 3. The van der Waals surface area contributed by atoms with E-state index in [2.05, 4.69) is 10.1 Å². The lowest BCUT2D eigenvalue weighted by atomic mass is 10.0. The second-order valence-corrected chi connectivity index (χ2v) is 8.50. The molecule has 5 aromatic rings. The lowest BCUT2D eigenvalue weighted by Crippen LogP contribution is -2.08. The fourth-order valence-electron chi connectivity index (χ4n) is 3.96. The van der Waals surface area contributed by atoms with Crippen LogP contribution < -0.4 is 4.74 Å². The highest BCUT2D eigenvalue weighted by Gasteiger charge is 2.35. The van der Waals surface area contributed by atoms with E-state index in [1.165, 1.54) is 23.7 Å². The highest BCUT2D eigenvalue weighted by Crippen LogP contribution is 2.39. The maximum Gasteiger partial charge on any atom is 0.417 e. The van der Waals surface area contributed by atoms with Crippen LogP contribution in [0.15, 0.2) is 78.9 Å². The molecular weight excluding hydrogens is 494 g/mol. The maximum atomic E-state index is 14.1. The summed E-state index contributed by atoms with van der Waals surface area (Å²) in [6.45, 7) is 1.44. The molecule has 4 nitrogen and oxygen atoms in total. The Balaban J connectivity index is 1.53. The summed E-state index contributed by atoms with van der Waals surface area (Å²) in [4.78, 5) is 4.56. The van der Waals surface area contributed by atoms with Crippen molar-refractivity contribution in [2.45, 2.75) is 19.7 Å². The largest absolute Gasteiger partial charge is 0.489 e. The van der Waals surface area contributed by atoms with Gasteiger partial charge in [-0.1, -0.05) is 35.9 Å². The van der Waals surface area contributed by atoms with E-state index < -0.39 is 17.6 Å². The van der Waals surface area contributed by atoms with Crippen LogP contribution in [0.3, 0.4) is 0 Å². The third kappa shape index (κ3) is 4.52. The number of pyridine rings is 1. The summed E-state index contributed by atoms with van der Waals surface area (Å²) in [6, 6.07) is 20.6. The van der Waals surface area contributed by atoms with Gasteiger partial charge in [-0.2, -0.15) is 18.3 Å². The molecule has 0 N–H and O–H groups in total. The van der Waals surface area contributed by atoms with Gasteiger partial charge in [0.1, 0.15) is 18.2 Å². The van der Waals surface area contributed by atoms with Crippen LogP contribution in [0.1, 0.15) is 16.8 Å². The lowest BCUT2D eigenvalue weighted by Gasteiger charge is -2.13. The Morgan fingerprint density at radius 3 is 2.33 bits per heavy atom. The average Bonchev–Trinajstić information content (AvgIpc) is 3.20. The first-order valence-electron chi connectivity index (χ1n) is 10.9. The van der Waals surface area contributed by atoms with Gasteiger partial charge in [0.05, 0.1) is 33.0 Å². The van der Waals surface area contributed by atoms with Crippen LogP contribution in [0, 0.1) is 12.7 Å². The molecule has 9 heteroatoms. The van der Waals surface area contributed by atoms with E-state index in [0.717, 1.165) is 6.07 Å². The van der Waals surface area contributed by atoms with Crippen molar-refractivity contribution in [1.29, 1.82) is 0 Å². The summed E-state index contributed by atoms with van der Waals surface area (Å²) < 4.78 is 63.2. The molecule has 0 saturated carbocycles. The number of ether oxygens (including phenoxy) is 1. The fraction of sp³-hybridized carbons (Fsp3) is 0.111.